The summed E-state index contributed by atoms with van der Waals surface area (Å²) in [5.74, 6) is 1.41. The standard InChI is InChI=1S/C21H27N7.3ClH/c22-21(25-12-6-9-19-15-23-17-27-19)26-13-14-28(20-10-4-5-11-24-20)16-18-7-2-1-3-8-18;;;/h1-5,7-8,10-11,15,17H,6,9,12-14,16H2,(H,23,27)(H3,22,25,26);3*1H. The Morgan fingerprint density at radius 1 is 1.03 bits per heavy atom. The summed E-state index contributed by atoms with van der Waals surface area (Å²) in [7, 11) is 0. The lowest BCUT2D eigenvalue weighted by atomic mass is 10.2. The normalized spacial score (nSPS) is 10.3. The summed E-state index contributed by atoms with van der Waals surface area (Å²) in [6.45, 7) is 2.89. The number of nitrogens with two attached hydrogens (primary N) is 1. The van der Waals surface area contributed by atoms with E-state index in [9.17, 15) is 0 Å². The predicted octanol–water partition coefficient (Wildman–Crippen LogP) is 3.61. The number of hydrogen-bond acceptors (Lipinski definition) is 4. The number of nitrogens with one attached hydrogen (secondary N) is 2. The van der Waals surface area contributed by atoms with Crippen molar-refractivity contribution in [1.82, 2.24) is 20.3 Å². The van der Waals surface area contributed by atoms with Gasteiger partial charge in [0, 0.05) is 32.0 Å². The Hall–Kier alpha value is -2.48. The molecule has 0 fully saturated rings. The van der Waals surface area contributed by atoms with Crippen LogP contribution in [0.1, 0.15) is 17.7 Å². The van der Waals surface area contributed by atoms with Gasteiger partial charge in [0.15, 0.2) is 5.96 Å². The fourth-order valence-corrected chi connectivity index (χ4v) is 2.88. The second kappa shape index (κ2) is 16.2. The number of aryl methyl sites for hydroxylation is 1. The van der Waals surface area contributed by atoms with E-state index in [0.717, 1.165) is 44.0 Å². The summed E-state index contributed by atoms with van der Waals surface area (Å²) in [6, 6.07) is 16.3. The first-order chi connectivity index (χ1) is 13.8. The highest BCUT2D eigenvalue weighted by Gasteiger charge is 2.08. The zero-order valence-corrected chi connectivity index (χ0v) is 19.6. The highest BCUT2D eigenvalue weighted by Crippen LogP contribution is 2.13. The lowest BCUT2D eigenvalue weighted by Gasteiger charge is -2.23. The first-order valence-corrected chi connectivity index (χ1v) is 9.52. The lowest BCUT2D eigenvalue weighted by Crippen LogP contribution is -2.34. The van der Waals surface area contributed by atoms with Crippen LogP contribution in [0.25, 0.3) is 0 Å². The van der Waals surface area contributed by atoms with E-state index >= 15 is 0 Å². The number of aliphatic imine (C=N–C) groups is 1. The Morgan fingerprint density at radius 2 is 1.81 bits per heavy atom. The van der Waals surface area contributed by atoms with E-state index in [1.54, 1.807) is 6.33 Å². The van der Waals surface area contributed by atoms with E-state index in [0.29, 0.717) is 12.5 Å². The first-order valence-electron chi connectivity index (χ1n) is 9.52. The SMILES string of the molecule is Cl.Cl.Cl.NC(=NCCN(Cc1ccccc1)c1ccccn1)NCCCc1c[nH]cn1. The van der Waals surface area contributed by atoms with Crippen LogP contribution in [0, 0.1) is 0 Å². The predicted molar refractivity (Wildman–Crippen MR) is 135 cm³/mol. The first kappa shape index (κ1) is 28.5. The van der Waals surface area contributed by atoms with Crippen LogP contribution in [0.3, 0.4) is 0 Å². The van der Waals surface area contributed by atoms with Crippen molar-refractivity contribution in [3.05, 3.63) is 78.5 Å². The third kappa shape index (κ3) is 10.4. The number of anilines is 1. The molecular weight excluding hydrogens is 457 g/mol. The molecule has 3 rings (SSSR count). The molecule has 10 heteroatoms. The summed E-state index contributed by atoms with van der Waals surface area (Å²) >= 11 is 0. The van der Waals surface area contributed by atoms with Crippen LogP contribution in [0.5, 0.6) is 0 Å². The summed E-state index contributed by atoms with van der Waals surface area (Å²) in [5.41, 5.74) is 8.29. The van der Waals surface area contributed by atoms with Gasteiger partial charge in [-0.05, 0) is 30.5 Å². The summed E-state index contributed by atoms with van der Waals surface area (Å²) < 4.78 is 0. The number of H-pyrrole nitrogens is 1. The minimum Gasteiger partial charge on any atom is -0.370 e. The minimum absolute atomic E-state index is 0. The second-order valence-electron chi connectivity index (χ2n) is 6.45. The van der Waals surface area contributed by atoms with Crippen LogP contribution in [0.2, 0.25) is 0 Å². The van der Waals surface area contributed by atoms with Crippen LogP contribution in [-0.2, 0) is 13.0 Å². The van der Waals surface area contributed by atoms with Crippen LogP contribution in [0.4, 0.5) is 5.82 Å². The smallest absolute Gasteiger partial charge is 0.188 e. The van der Waals surface area contributed by atoms with Gasteiger partial charge in [0.2, 0.25) is 0 Å². The summed E-state index contributed by atoms with van der Waals surface area (Å²) in [5, 5.41) is 3.16. The van der Waals surface area contributed by atoms with Crippen LogP contribution >= 0.6 is 37.2 Å². The topological polar surface area (TPSA) is 95.2 Å². The molecule has 2 aromatic heterocycles. The van der Waals surface area contributed by atoms with Gasteiger partial charge < -0.3 is 20.9 Å². The van der Waals surface area contributed by atoms with Crippen molar-refractivity contribution < 1.29 is 0 Å². The molecule has 0 unspecified atom stereocenters. The van der Waals surface area contributed by atoms with Crippen LogP contribution in [0.15, 0.2) is 72.2 Å². The number of pyridine rings is 1. The molecule has 2 heterocycles. The van der Waals surface area contributed by atoms with Gasteiger partial charge in [-0.25, -0.2) is 9.97 Å². The second-order valence-corrected chi connectivity index (χ2v) is 6.45. The number of guanidine groups is 1. The number of rotatable bonds is 10. The minimum atomic E-state index is 0. The molecule has 0 aliphatic rings. The molecule has 0 radical (unpaired) electrons. The largest absolute Gasteiger partial charge is 0.370 e. The Bertz CT molecular complexity index is 831. The molecule has 3 aromatic rings. The van der Waals surface area contributed by atoms with Gasteiger partial charge >= 0.3 is 0 Å². The van der Waals surface area contributed by atoms with Gasteiger partial charge in [-0.1, -0.05) is 36.4 Å². The number of aromatic nitrogens is 3. The van der Waals surface area contributed by atoms with E-state index in [-0.39, 0.29) is 37.2 Å². The maximum absolute atomic E-state index is 5.99. The van der Waals surface area contributed by atoms with E-state index in [2.05, 4.69) is 54.4 Å². The Labute approximate surface area is 202 Å². The van der Waals surface area contributed by atoms with Gasteiger partial charge in [0.1, 0.15) is 5.82 Å². The average Bonchev–Trinajstić information content (AvgIpc) is 3.25. The van der Waals surface area contributed by atoms with Crippen molar-refractivity contribution in [2.75, 3.05) is 24.5 Å². The highest BCUT2D eigenvalue weighted by atomic mass is 35.5. The van der Waals surface area contributed by atoms with Gasteiger partial charge in [-0.15, -0.1) is 37.2 Å². The molecule has 0 amide bonds. The van der Waals surface area contributed by atoms with Crippen LogP contribution in [-0.4, -0.2) is 40.5 Å². The molecule has 0 aliphatic heterocycles. The monoisotopic (exact) mass is 485 g/mol. The Morgan fingerprint density at radius 3 is 2.48 bits per heavy atom. The summed E-state index contributed by atoms with van der Waals surface area (Å²) in [4.78, 5) is 18.3. The third-order valence-corrected chi connectivity index (χ3v) is 4.31. The number of halogens is 3. The van der Waals surface area contributed by atoms with Gasteiger partial charge in [0.25, 0.3) is 0 Å². The van der Waals surface area contributed by atoms with E-state index in [1.807, 2.05) is 36.7 Å². The van der Waals surface area contributed by atoms with Crippen molar-refractivity contribution in [1.29, 1.82) is 0 Å². The Kier molecular flexibility index (Phi) is 14.9. The van der Waals surface area contributed by atoms with E-state index in [1.165, 1.54) is 5.56 Å². The molecule has 31 heavy (non-hydrogen) atoms. The number of hydrogen-bond donors (Lipinski definition) is 3. The molecule has 170 valence electrons. The zero-order chi connectivity index (χ0) is 19.4. The zero-order valence-electron chi connectivity index (χ0n) is 17.2. The van der Waals surface area contributed by atoms with Crippen LogP contribution < -0.4 is 16.0 Å². The van der Waals surface area contributed by atoms with E-state index < -0.39 is 0 Å². The van der Waals surface area contributed by atoms with Gasteiger partial charge in [-0.2, -0.15) is 0 Å². The molecule has 7 nitrogen and oxygen atoms in total. The maximum Gasteiger partial charge on any atom is 0.188 e. The number of benzene rings is 1. The molecule has 0 aliphatic carbocycles. The third-order valence-electron chi connectivity index (χ3n) is 4.31. The molecule has 0 bridgehead atoms. The number of nitrogens with zero attached hydrogens (tertiary/aromatic N) is 4. The molecule has 4 N–H and O–H groups in total. The van der Waals surface area contributed by atoms with Gasteiger partial charge in [0.05, 0.1) is 18.6 Å². The molecule has 0 saturated carbocycles. The fraction of sp³-hybridized carbons (Fsp3) is 0.286. The van der Waals surface area contributed by atoms with Gasteiger partial charge in [-0.3, -0.25) is 4.99 Å². The number of aromatic amines is 1. The fourth-order valence-electron chi connectivity index (χ4n) is 2.88. The number of imidazole rings is 1. The molecule has 0 saturated heterocycles. The molecule has 0 spiro atoms. The van der Waals surface area contributed by atoms with Crippen molar-refractivity contribution in [3.63, 3.8) is 0 Å². The molecular formula is C21H30Cl3N7. The van der Waals surface area contributed by atoms with Crippen molar-refractivity contribution >= 4 is 49.0 Å². The lowest BCUT2D eigenvalue weighted by molar-refractivity contribution is 0.746. The Balaban J connectivity index is 0.00000300. The highest BCUT2D eigenvalue weighted by molar-refractivity contribution is 5.86. The average molecular weight is 487 g/mol. The van der Waals surface area contributed by atoms with Crippen molar-refractivity contribution in [2.24, 2.45) is 10.7 Å². The molecule has 1 aromatic carbocycles. The summed E-state index contributed by atoms with van der Waals surface area (Å²) in [6.07, 6.45) is 7.28. The quantitative estimate of drug-likeness (QED) is 0.231. The molecule has 0 atom stereocenters. The van der Waals surface area contributed by atoms with Crippen molar-refractivity contribution in [3.8, 4) is 0 Å². The van der Waals surface area contributed by atoms with E-state index in [4.69, 9.17) is 5.73 Å². The van der Waals surface area contributed by atoms with Crippen molar-refractivity contribution in [2.45, 2.75) is 19.4 Å². The maximum atomic E-state index is 5.99.